The summed E-state index contributed by atoms with van der Waals surface area (Å²) < 4.78 is 0. The average molecular weight is 264 g/mol. The van der Waals surface area contributed by atoms with Gasteiger partial charge in [-0.2, -0.15) is 0 Å². The molecule has 0 amide bonds. The fourth-order valence-electron chi connectivity index (χ4n) is 1.69. The first-order valence-corrected chi connectivity index (χ1v) is 6.02. The highest BCUT2D eigenvalue weighted by Gasteiger charge is 2.06. The van der Waals surface area contributed by atoms with E-state index >= 15 is 0 Å². The van der Waals surface area contributed by atoms with Crippen LogP contribution in [0.4, 0.5) is 0 Å². The van der Waals surface area contributed by atoms with Gasteiger partial charge in [-0.3, -0.25) is 4.79 Å². The smallest absolute Gasteiger partial charge is 0.251 e. The molecule has 2 aromatic rings. The molecule has 0 aliphatic rings. The molecule has 1 heterocycles. The number of hydrogen-bond donors (Lipinski definition) is 2. The molecule has 1 aromatic carbocycles. The van der Waals surface area contributed by atoms with Crippen molar-refractivity contribution in [3.05, 3.63) is 62.8 Å². The first-order valence-electron chi connectivity index (χ1n) is 5.65. The zero-order chi connectivity index (χ0) is 13.1. The SMILES string of the molecule is CC(N)c1cc(=O)[nH]c(Cc2cccc(Cl)c2)n1. The Kier molecular flexibility index (Phi) is 3.79. The molecule has 94 valence electrons. The number of rotatable bonds is 3. The Hall–Kier alpha value is -1.65. The molecular formula is C13H14ClN3O. The highest BCUT2D eigenvalue weighted by molar-refractivity contribution is 6.30. The summed E-state index contributed by atoms with van der Waals surface area (Å²) in [4.78, 5) is 18.5. The fourth-order valence-corrected chi connectivity index (χ4v) is 1.90. The van der Waals surface area contributed by atoms with E-state index in [0.717, 1.165) is 5.56 Å². The molecule has 4 nitrogen and oxygen atoms in total. The Bertz CT molecular complexity index is 607. The van der Waals surface area contributed by atoms with Gasteiger partial charge < -0.3 is 10.7 Å². The van der Waals surface area contributed by atoms with Gasteiger partial charge in [0.25, 0.3) is 5.56 Å². The lowest BCUT2D eigenvalue weighted by Gasteiger charge is -2.07. The minimum absolute atomic E-state index is 0.186. The predicted octanol–water partition coefficient (Wildman–Crippen LogP) is 2.03. The molecule has 0 saturated heterocycles. The monoisotopic (exact) mass is 263 g/mol. The van der Waals surface area contributed by atoms with Gasteiger partial charge >= 0.3 is 0 Å². The second-order valence-corrected chi connectivity index (χ2v) is 4.65. The maximum atomic E-state index is 11.5. The Morgan fingerprint density at radius 3 is 2.89 bits per heavy atom. The van der Waals surface area contributed by atoms with E-state index in [1.807, 2.05) is 18.2 Å². The van der Waals surface area contributed by atoms with E-state index in [4.69, 9.17) is 17.3 Å². The highest BCUT2D eigenvalue weighted by Crippen LogP contribution is 2.13. The molecule has 0 spiro atoms. The van der Waals surface area contributed by atoms with Gasteiger partial charge in [-0.25, -0.2) is 4.98 Å². The van der Waals surface area contributed by atoms with Gasteiger partial charge in [0.05, 0.1) is 5.69 Å². The number of hydrogen-bond acceptors (Lipinski definition) is 3. The van der Waals surface area contributed by atoms with Crippen molar-refractivity contribution in [1.82, 2.24) is 9.97 Å². The lowest BCUT2D eigenvalue weighted by atomic mass is 10.1. The summed E-state index contributed by atoms with van der Waals surface area (Å²) in [7, 11) is 0. The van der Waals surface area contributed by atoms with E-state index in [1.165, 1.54) is 6.07 Å². The summed E-state index contributed by atoms with van der Waals surface area (Å²) in [5.74, 6) is 0.595. The number of benzene rings is 1. The summed E-state index contributed by atoms with van der Waals surface area (Å²) >= 11 is 5.91. The summed E-state index contributed by atoms with van der Waals surface area (Å²) in [5, 5.41) is 0.665. The Labute approximate surface area is 110 Å². The third-order valence-electron chi connectivity index (χ3n) is 2.54. The molecule has 1 atom stereocenters. The molecular weight excluding hydrogens is 250 g/mol. The number of aromatic nitrogens is 2. The number of nitrogens with zero attached hydrogens (tertiary/aromatic N) is 1. The molecule has 2 rings (SSSR count). The molecule has 0 radical (unpaired) electrons. The number of nitrogens with two attached hydrogens (primary N) is 1. The zero-order valence-corrected chi connectivity index (χ0v) is 10.7. The third kappa shape index (κ3) is 3.18. The number of H-pyrrole nitrogens is 1. The van der Waals surface area contributed by atoms with Crippen molar-refractivity contribution in [3.63, 3.8) is 0 Å². The minimum atomic E-state index is -0.259. The third-order valence-corrected chi connectivity index (χ3v) is 2.77. The van der Waals surface area contributed by atoms with Crippen LogP contribution in [0.5, 0.6) is 0 Å². The van der Waals surface area contributed by atoms with Gasteiger partial charge in [0.15, 0.2) is 0 Å². The zero-order valence-electron chi connectivity index (χ0n) is 9.98. The fraction of sp³-hybridized carbons (Fsp3) is 0.231. The highest BCUT2D eigenvalue weighted by atomic mass is 35.5. The van der Waals surface area contributed by atoms with E-state index < -0.39 is 0 Å². The van der Waals surface area contributed by atoms with Crippen molar-refractivity contribution in [3.8, 4) is 0 Å². The van der Waals surface area contributed by atoms with Crippen molar-refractivity contribution >= 4 is 11.6 Å². The molecule has 0 bridgehead atoms. The molecule has 0 fully saturated rings. The van der Waals surface area contributed by atoms with Crippen LogP contribution in [0.25, 0.3) is 0 Å². The van der Waals surface area contributed by atoms with Crippen molar-refractivity contribution < 1.29 is 0 Å². The van der Waals surface area contributed by atoms with E-state index in [0.29, 0.717) is 23.0 Å². The minimum Gasteiger partial charge on any atom is -0.323 e. The van der Waals surface area contributed by atoms with Gasteiger partial charge in [-0.15, -0.1) is 0 Å². The van der Waals surface area contributed by atoms with E-state index in [2.05, 4.69) is 9.97 Å². The van der Waals surface area contributed by atoms with Crippen molar-refractivity contribution in [2.24, 2.45) is 5.73 Å². The standard InChI is InChI=1S/C13H14ClN3O/c1-8(15)11-7-13(18)17-12(16-11)6-9-3-2-4-10(14)5-9/h2-5,7-8H,6,15H2,1H3,(H,16,17,18). The molecule has 1 unspecified atom stereocenters. The van der Waals surface area contributed by atoms with E-state index in [1.54, 1.807) is 13.0 Å². The molecule has 1 aromatic heterocycles. The Balaban J connectivity index is 2.32. The van der Waals surface area contributed by atoms with Crippen molar-refractivity contribution in [2.75, 3.05) is 0 Å². The number of nitrogens with one attached hydrogen (secondary N) is 1. The Morgan fingerprint density at radius 1 is 1.44 bits per heavy atom. The lowest BCUT2D eigenvalue weighted by Crippen LogP contribution is -2.17. The second-order valence-electron chi connectivity index (χ2n) is 4.21. The normalized spacial score (nSPS) is 12.4. The van der Waals surface area contributed by atoms with Crippen LogP contribution in [0.2, 0.25) is 5.02 Å². The van der Waals surface area contributed by atoms with Crippen molar-refractivity contribution in [1.29, 1.82) is 0 Å². The molecule has 0 aliphatic carbocycles. The van der Waals surface area contributed by atoms with Crippen LogP contribution in [0, 0.1) is 0 Å². The van der Waals surface area contributed by atoms with Crippen LogP contribution < -0.4 is 11.3 Å². The summed E-state index contributed by atoms with van der Waals surface area (Å²) in [5.41, 5.74) is 7.13. The van der Waals surface area contributed by atoms with Crippen LogP contribution >= 0.6 is 11.6 Å². The van der Waals surface area contributed by atoms with Gasteiger partial charge in [0, 0.05) is 23.6 Å². The van der Waals surface area contributed by atoms with Crippen molar-refractivity contribution in [2.45, 2.75) is 19.4 Å². The molecule has 18 heavy (non-hydrogen) atoms. The predicted molar refractivity (Wildman–Crippen MR) is 71.7 cm³/mol. The van der Waals surface area contributed by atoms with Gasteiger partial charge in [-0.1, -0.05) is 23.7 Å². The summed E-state index contributed by atoms with van der Waals surface area (Å²) in [6, 6.07) is 8.62. The molecule has 5 heteroatoms. The largest absolute Gasteiger partial charge is 0.323 e. The lowest BCUT2D eigenvalue weighted by molar-refractivity contribution is 0.753. The van der Waals surface area contributed by atoms with Crippen LogP contribution in [-0.2, 0) is 6.42 Å². The Morgan fingerprint density at radius 2 is 2.22 bits per heavy atom. The van der Waals surface area contributed by atoms with Crippen LogP contribution in [-0.4, -0.2) is 9.97 Å². The number of aromatic amines is 1. The van der Waals surface area contributed by atoms with Gasteiger partial charge in [0.2, 0.25) is 0 Å². The van der Waals surface area contributed by atoms with E-state index in [9.17, 15) is 4.79 Å². The summed E-state index contributed by atoms with van der Waals surface area (Å²) in [6.07, 6.45) is 0.524. The molecule has 0 saturated carbocycles. The second kappa shape index (κ2) is 5.33. The quantitative estimate of drug-likeness (QED) is 0.890. The maximum absolute atomic E-state index is 11.5. The van der Waals surface area contributed by atoms with Gasteiger partial charge in [0.1, 0.15) is 5.82 Å². The van der Waals surface area contributed by atoms with Crippen LogP contribution in [0.15, 0.2) is 35.1 Å². The number of halogens is 1. The maximum Gasteiger partial charge on any atom is 0.251 e. The first kappa shape index (κ1) is 12.8. The van der Waals surface area contributed by atoms with Gasteiger partial charge in [-0.05, 0) is 24.6 Å². The first-order chi connectivity index (χ1) is 8.54. The molecule has 0 aliphatic heterocycles. The topological polar surface area (TPSA) is 71.8 Å². The van der Waals surface area contributed by atoms with Crippen LogP contribution in [0.1, 0.15) is 30.0 Å². The molecule has 3 N–H and O–H groups in total. The average Bonchev–Trinajstić information content (AvgIpc) is 2.28. The van der Waals surface area contributed by atoms with Crippen LogP contribution in [0.3, 0.4) is 0 Å². The summed E-state index contributed by atoms with van der Waals surface area (Å²) in [6.45, 7) is 1.80. The van der Waals surface area contributed by atoms with E-state index in [-0.39, 0.29) is 11.6 Å².